The summed E-state index contributed by atoms with van der Waals surface area (Å²) < 4.78 is 45.5. The highest BCUT2D eigenvalue weighted by atomic mass is 35.5. The predicted octanol–water partition coefficient (Wildman–Crippen LogP) is 6.06. The van der Waals surface area contributed by atoms with Gasteiger partial charge in [-0.25, -0.2) is 0 Å². The van der Waals surface area contributed by atoms with Crippen LogP contribution in [0.5, 0.6) is 5.75 Å². The molecule has 0 spiro atoms. The van der Waals surface area contributed by atoms with Gasteiger partial charge in [0.2, 0.25) is 0 Å². The number of ketones is 1. The van der Waals surface area contributed by atoms with E-state index in [-0.39, 0.29) is 21.8 Å². The number of hydrogen-bond donors (Lipinski definition) is 1. The molecule has 0 bridgehead atoms. The molecule has 1 aliphatic heterocycles. The third-order valence-corrected chi connectivity index (χ3v) is 6.34. The largest absolute Gasteiger partial charge is 0.507 e. The first-order valence-corrected chi connectivity index (χ1v) is 11.4. The van der Waals surface area contributed by atoms with E-state index in [0.717, 1.165) is 28.8 Å². The number of aliphatic hydroxyl groups is 1. The fourth-order valence-corrected chi connectivity index (χ4v) is 4.43. The molecule has 1 fully saturated rings. The van der Waals surface area contributed by atoms with Gasteiger partial charge in [-0.2, -0.15) is 13.2 Å². The van der Waals surface area contributed by atoms with Gasteiger partial charge in [-0.05, 0) is 54.1 Å². The average molecular weight is 531 g/mol. The van der Waals surface area contributed by atoms with E-state index in [1.165, 1.54) is 31.4 Å². The summed E-state index contributed by atoms with van der Waals surface area (Å²) in [5.41, 5.74) is -0.00459. The van der Waals surface area contributed by atoms with E-state index in [1.807, 2.05) is 19.0 Å². The third-order valence-electron chi connectivity index (χ3n) is 6.05. The molecule has 1 aliphatic rings. The molecular weight excluding hydrogens is 509 g/mol. The van der Waals surface area contributed by atoms with Gasteiger partial charge in [-0.1, -0.05) is 29.8 Å². The number of rotatable bonds is 5. The Balaban J connectivity index is 1.94. The number of nitrogens with zero attached hydrogens (tertiary/aromatic N) is 2. The van der Waals surface area contributed by atoms with Crippen LogP contribution in [0.1, 0.15) is 22.7 Å². The van der Waals surface area contributed by atoms with Crippen molar-refractivity contribution < 1.29 is 32.6 Å². The van der Waals surface area contributed by atoms with Crippen LogP contribution in [-0.2, 0) is 15.8 Å². The smallest absolute Gasteiger partial charge is 0.416 e. The number of halogens is 4. The fourth-order valence-electron chi connectivity index (χ4n) is 4.17. The summed E-state index contributed by atoms with van der Waals surface area (Å²) in [6, 6.07) is 14.1. The predicted molar refractivity (Wildman–Crippen MR) is 135 cm³/mol. The molecule has 0 aliphatic carbocycles. The molecule has 1 N–H and O–H groups in total. The van der Waals surface area contributed by atoms with Crippen LogP contribution in [-0.4, -0.2) is 38.0 Å². The molecule has 192 valence electrons. The number of benzene rings is 3. The van der Waals surface area contributed by atoms with Gasteiger partial charge < -0.3 is 14.7 Å². The van der Waals surface area contributed by atoms with Gasteiger partial charge in [-0.3, -0.25) is 14.5 Å². The van der Waals surface area contributed by atoms with E-state index in [9.17, 15) is 27.9 Å². The highest BCUT2D eigenvalue weighted by molar-refractivity contribution is 6.51. The second-order valence-electron chi connectivity index (χ2n) is 8.55. The van der Waals surface area contributed by atoms with Crippen molar-refractivity contribution >= 4 is 40.4 Å². The zero-order chi connectivity index (χ0) is 27.1. The third kappa shape index (κ3) is 4.86. The van der Waals surface area contributed by atoms with Crippen molar-refractivity contribution in [3.8, 4) is 5.75 Å². The van der Waals surface area contributed by atoms with Crippen molar-refractivity contribution in [1.82, 2.24) is 0 Å². The number of alkyl halides is 3. The number of ether oxygens (including phenoxy) is 1. The maximum atomic E-state index is 13.4. The van der Waals surface area contributed by atoms with Crippen LogP contribution in [0, 0.1) is 0 Å². The monoisotopic (exact) mass is 530 g/mol. The summed E-state index contributed by atoms with van der Waals surface area (Å²) in [6.07, 6.45) is -4.66. The number of hydrogen-bond acceptors (Lipinski definition) is 5. The maximum Gasteiger partial charge on any atom is 0.416 e. The van der Waals surface area contributed by atoms with Crippen LogP contribution in [0.25, 0.3) is 5.76 Å². The highest BCUT2D eigenvalue weighted by Crippen LogP contribution is 2.44. The van der Waals surface area contributed by atoms with Gasteiger partial charge in [0.1, 0.15) is 11.5 Å². The second kappa shape index (κ2) is 9.82. The Morgan fingerprint density at radius 3 is 2.27 bits per heavy atom. The summed E-state index contributed by atoms with van der Waals surface area (Å²) >= 11 is 6.20. The molecule has 37 heavy (non-hydrogen) atoms. The molecule has 0 aromatic heterocycles. The fraction of sp³-hybridized carbons (Fsp3) is 0.185. The molecule has 3 aromatic rings. The number of anilines is 2. The Bertz CT molecular complexity index is 1400. The first-order valence-electron chi connectivity index (χ1n) is 11.0. The Hall–Kier alpha value is -3.98. The Labute approximate surface area is 216 Å². The Morgan fingerprint density at radius 2 is 1.70 bits per heavy atom. The molecule has 1 unspecified atom stereocenters. The minimum absolute atomic E-state index is 0.134. The van der Waals surface area contributed by atoms with Crippen molar-refractivity contribution in [2.45, 2.75) is 12.2 Å². The van der Waals surface area contributed by atoms with Gasteiger partial charge in [0.05, 0.1) is 29.3 Å². The number of Topliss-reactive ketones (excluding diaryl/α,β-unsaturated/α-hetero) is 1. The molecule has 6 nitrogen and oxygen atoms in total. The van der Waals surface area contributed by atoms with Crippen LogP contribution in [0.2, 0.25) is 5.02 Å². The van der Waals surface area contributed by atoms with Crippen LogP contribution in [0.15, 0.2) is 72.3 Å². The van der Waals surface area contributed by atoms with Crippen molar-refractivity contribution in [2.24, 2.45) is 0 Å². The second-order valence-corrected chi connectivity index (χ2v) is 8.96. The van der Waals surface area contributed by atoms with Crippen LogP contribution in [0.3, 0.4) is 0 Å². The molecule has 0 radical (unpaired) electrons. The van der Waals surface area contributed by atoms with Crippen molar-refractivity contribution in [2.75, 3.05) is 31.0 Å². The van der Waals surface area contributed by atoms with E-state index >= 15 is 0 Å². The summed E-state index contributed by atoms with van der Waals surface area (Å²) in [6.45, 7) is 0. The maximum absolute atomic E-state index is 13.4. The topological polar surface area (TPSA) is 70.1 Å². The summed E-state index contributed by atoms with van der Waals surface area (Å²) in [7, 11) is 5.08. The molecule has 4 rings (SSSR count). The normalized spacial score (nSPS) is 17.3. The van der Waals surface area contributed by atoms with Gasteiger partial charge >= 0.3 is 6.18 Å². The van der Waals surface area contributed by atoms with Gasteiger partial charge in [0, 0.05) is 31.0 Å². The van der Waals surface area contributed by atoms with Gasteiger partial charge in [0.25, 0.3) is 11.7 Å². The lowest BCUT2D eigenvalue weighted by molar-refractivity contribution is -0.137. The summed E-state index contributed by atoms with van der Waals surface area (Å²) in [5, 5.41) is 11.4. The SMILES string of the molecule is COc1ccc(/C(O)=C2\C(=O)C(=O)N(c3cccc(C(F)(F)F)c3)C2c2ccc(N(C)C)cc2)cc1Cl. The Morgan fingerprint density at radius 1 is 1.03 bits per heavy atom. The highest BCUT2D eigenvalue weighted by Gasteiger charge is 2.47. The Kier molecular flexibility index (Phi) is 6.92. The zero-order valence-corrected chi connectivity index (χ0v) is 20.8. The molecule has 1 saturated heterocycles. The molecule has 1 atom stereocenters. The lowest BCUT2D eigenvalue weighted by Gasteiger charge is -2.26. The molecule has 1 heterocycles. The lowest BCUT2D eigenvalue weighted by Crippen LogP contribution is -2.29. The van der Waals surface area contributed by atoms with Gasteiger partial charge in [-0.15, -0.1) is 0 Å². The van der Waals surface area contributed by atoms with Gasteiger partial charge in [0.15, 0.2) is 0 Å². The molecule has 1 amide bonds. The number of carbonyl (C=O) groups excluding carboxylic acids is 2. The van der Waals surface area contributed by atoms with E-state index in [2.05, 4.69) is 0 Å². The van der Waals surface area contributed by atoms with Crippen LogP contribution < -0.4 is 14.5 Å². The van der Waals surface area contributed by atoms with E-state index in [4.69, 9.17) is 16.3 Å². The number of methoxy groups -OCH3 is 1. The summed E-state index contributed by atoms with van der Waals surface area (Å²) in [4.78, 5) is 29.3. The van der Waals surface area contributed by atoms with E-state index in [0.29, 0.717) is 11.3 Å². The van der Waals surface area contributed by atoms with Crippen molar-refractivity contribution in [3.63, 3.8) is 0 Å². The first-order chi connectivity index (χ1) is 17.4. The van der Waals surface area contributed by atoms with Crippen LogP contribution in [0.4, 0.5) is 24.5 Å². The quantitative estimate of drug-likeness (QED) is 0.247. The molecule has 10 heteroatoms. The van der Waals surface area contributed by atoms with Crippen molar-refractivity contribution in [3.05, 3.63) is 94.0 Å². The number of amides is 1. The molecular formula is C27H22ClF3N2O4. The number of aliphatic hydroxyl groups excluding tert-OH is 1. The summed E-state index contributed by atoms with van der Waals surface area (Å²) in [5.74, 6) is -2.29. The lowest BCUT2D eigenvalue weighted by atomic mass is 9.94. The number of carbonyl (C=O) groups is 2. The average Bonchev–Trinajstić information content (AvgIpc) is 3.13. The van der Waals surface area contributed by atoms with E-state index in [1.54, 1.807) is 24.3 Å². The molecule has 0 saturated carbocycles. The molecule has 3 aromatic carbocycles. The minimum atomic E-state index is -4.66. The minimum Gasteiger partial charge on any atom is -0.507 e. The first kappa shape index (κ1) is 26.1. The zero-order valence-electron chi connectivity index (χ0n) is 20.0. The standard InChI is InChI=1S/C27H22ClF3N2O4/c1-32(2)18-10-7-15(8-11-18)23-22(24(34)16-9-12-21(37-3)20(28)13-16)25(35)26(36)33(23)19-6-4-5-17(14-19)27(29,30)31/h4-14,23,34H,1-3H3/b24-22+. The van der Waals surface area contributed by atoms with Crippen LogP contribution >= 0.6 is 11.6 Å². The van der Waals surface area contributed by atoms with Crippen molar-refractivity contribution in [1.29, 1.82) is 0 Å². The van der Waals surface area contributed by atoms with E-state index < -0.39 is 35.2 Å².